The number of benzene rings is 3. The van der Waals surface area contributed by atoms with Crippen LogP contribution in [-0.4, -0.2) is 118 Å². The summed E-state index contributed by atoms with van der Waals surface area (Å²) in [6.07, 6.45) is -9.89. The van der Waals surface area contributed by atoms with Crippen molar-refractivity contribution < 1.29 is 74.2 Å². The van der Waals surface area contributed by atoms with E-state index in [1.165, 1.54) is 43.9 Å². The normalized spacial score (nSPS) is 25.9. The van der Waals surface area contributed by atoms with Crippen molar-refractivity contribution >= 4 is 21.6 Å². The van der Waals surface area contributed by atoms with E-state index in [0.717, 1.165) is 16.1 Å². The second-order valence-electron chi connectivity index (χ2n) is 21.4. The predicted octanol–water partition coefficient (Wildman–Crippen LogP) is 5.12. The maximum atomic E-state index is 15.4. The minimum Gasteiger partial charge on any atom is -0.497 e. The standard InChI is InChI=1S/C58H65N7O22P2/c1-33-28-63(55(70)60-52(33)67)48-25-43(81-36(4)66)47(83-48)32-80-88(73,78-23-10-22-59)87-45-27-50(65-30-35(3)54(69)62-57(65)72)84-51(45)42-21-24-79-89(74,85-42)86-44-26-49(64-29-34(2)53(68)61-56(64)71)82-46(44)31-77-58(37-11-8-7-9-12-37,38-13-17-40(75-5)18-14-38)39-15-19-41(76-6)20-16-39/h7-9,11-20,28-30,42-51H,10,21,23-27,31-32H2,1-6H3,(H,60,67,70)(H,61,68,71)(H,62,69,72)/t42?,43-,44-,45-,46+,47+,48+,49+,50+,51-,88?,89-/m0/s1. The monoisotopic (exact) mass is 1270 g/mol. The number of ether oxygens (including phenoxy) is 7. The first kappa shape index (κ1) is 64.3. The Morgan fingerprint density at radius 3 is 1.66 bits per heavy atom. The van der Waals surface area contributed by atoms with E-state index in [-0.39, 0.29) is 62.0 Å². The average Bonchev–Trinajstić information content (AvgIpc) is 1.14. The molecule has 0 aliphatic carbocycles. The molecular weight excluding hydrogens is 1210 g/mol. The van der Waals surface area contributed by atoms with E-state index in [1.807, 2.05) is 60.7 Å². The zero-order chi connectivity index (χ0) is 63.4. The van der Waals surface area contributed by atoms with Crippen molar-refractivity contribution in [2.75, 3.05) is 40.6 Å². The summed E-state index contributed by atoms with van der Waals surface area (Å²) in [5, 5.41) is 9.50. The van der Waals surface area contributed by atoms with Gasteiger partial charge in [0.15, 0.2) is 0 Å². The number of aryl methyl sites for hydroxylation is 3. The third-order valence-corrected chi connectivity index (χ3v) is 18.5. The largest absolute Gasteiger partial charge is 0.497 e. The molecular formula is C58H65N7O22P2. The molecule has 0 amide bonds. The quantitative estimate of drug-likeness (QED) is 0.0324. The van der Waals surface area contributed by atoms with Gasteiger partial charge in [-0.25, -0.2) is 23.5 Å². The van der Waals surface area contributed by atoms with Crippen molar-refractivity contribution in [3.63, 3.8) is 0 Å². The third kappa shape index (κ3) is 14.2. The van der Waals surface area contributed by atoms with E-state index in [9.17, 15) is 38.8 Å². The fraction of sp³-hybridized carbons (Fsp3) is 0.448. The molecule has 0 saturated carbocycles. The van der Waals surface area contributed by atoms with Crippen LogP contribution < -0.4 is 43.2 Å². The van der Waals surface area contributed by atoms with Crippen LogP contribution in [0.25, 0.3) is 0 Å². The van der Waals surface area contributed by atoms with Gasteiger partial charge in [-0.15, -0.1) is 0 Å². The maximum Gasteiger partial charge on any atom is 0.475 e. The van der Waals surface area contributed by atoms with Crippen LogP contribution in [0.5, 0.6) is 11.5 Å². The van der Waals surface area contributed by atoms with Gasteiger partial charge in [0.05, 0.1) is 53.1 Å². The molecule has 6 aromatic rings. The Balaban J connectivity index is 0.966. The molecule has 4 aliphatic rings. The number of aromatic amines is 3. The number of nitrogens with one attached hydrogen (secondary N) is 3. The summed E-state index contributed by atoms with van der Waals surface area (Å²) < 4.78 is 113. The Bertz CT molecular complexity index is 4000. The molecule has 4 fully saturated rings. The Morgan fingerprint density at radius 1 is 0.674 bits per heavy atom. The molecule has 89 heavy (non-hydrogen) atoms. The summed E-state index contributed by atoms with van der Waals surface area (Å²) >= 11 is 0. The first-order valence-corrected chi connectivity index (χ1v) is 31.2. The molecule has 0 spiro atoms. The average molecular weight is 1270 g/mol. The number of rotatable bonds is 23. The SMILES string of the molecule is COc1ccc(C(OC[C@H]2O[C@@H](n3cc(C)c(=O)[nH]c3=O)C[C@@H]2O[P@@]2(=O)OCCC([C@@H]3O[C@@H](n4cc(C)c(=O)[nH]c4=O)C[C@@H]3OP(=O)(OCCC#N)OC[C@H]3O[C@@H](n4cc(C)c(=O)[nH]c4=O)C[C@@H]3OC(C)=O)O2)(c2ccccc2)c2ccc(OC)cc2)cc1. The molecule has 29 nitrogen and oxygen atoms in total. The maximum absolute atomic E-state index is 15.4. The zero-order valence-corrected chi connectivity index (χ0v) is 50.8. The molecule has 3 N–H and O–H groups in total. The zero-order valence-electron chi connectivity index (χ0n) is 49.0. The van der Waals surface area contributed by atoms with Crippen LogP contribution in [-0.2, 0) is 70.4 Å². The summed E-state index contributed by atoms with van der Waals surface area (Å²) in [5.74, 6) is 0.409. The van der Waals surface area contributed by atoms with Crippen LogP contribution in [0.1, 0.15) is 91.1 Å². The summed E-state index contributed by atoms with van der Waals surface area (Å²) in [7, 11) is -6.72. The molecule has 4 saturated heterocycles. The molecule has 10 rings (SSSR count). The summed E-state index contributed by atoms with van der Waals surface area (Å²) in [6.45, 7) is 3.73. The third-order valence-electron chi connectivity index (χ3n) is 15.5. The summed E-state index contributed by atoms with van der Waals surface area (Å²) in [4.78, 5) is 96.4. The van der Waals surface area contributed by atoms with E-state index >= 15 is 9.13 Å². The number of esters is 1. The molecule has 0 bridgehead atoms. The number of methoxy groups -OCH3 is 2. The number of carbonyl (C=O) groups excluding carboxylic acids is 1. The first-order valence-electron chi connectivity index (χ1n) is 28.3. The molecule has 2 unspecified atom stereocenters. The Kier molecular flexibility index (Phi) is 19.6. The highest BCUT2D eigenvalue weighted by atomic mass is 31.2. The van der Waals surface area contributed by atoms with Crippen molar-refractivity contribution in [2.24, 2.45) is 0 Å². The van der Waals surface area contributed by atoms with Crippen LogP contribution in [0.2, 0.25) is 0 Å². The molecule has 0 radical (unpaired) electrons. The Labute approximate surface area is 506 Å². The van der Waals surface area contributed by atoms with Gasteiger partial charge in [0, 0.05) is 67.9 Å². The Hall–Kier alpha value is -7.68. The number of aromatic nitrogens is 6. The first-order chi connectivity index (χ1) is 42.6. The molecule has 31 heteroatoms. The van der Waals surface area contributed by atoms with E-state index in [2.05, 4.69) is 15.0 Å². The second kappa shape index (κ2) is 27.2. The van der Waals surface area contributed by atoms with Gasteiger partial charge in [-0.3, -0.25) is 75.0 Å². The van der Waals surface area contributed by atoms with Crippen LogP contribution in [0, 0.1) is 32.1 Å². The second-order valence-corrected chi connectivity index (χ2v) is 24.6. The Morgan fingerprint density at radius 2 is 1.16 bits per heavy atom. The van der Waals surface area contributed by atoms with E-state index < -0.39 is 136 Å². The highest BCUT2D eigenvalue weighted by molar-refractivity contribution is 7.48. The molecule has 4 aliphatic heterocycles. The van der Waals surface area contributed by atoms with Crippen molar-refractivity contribution in [1.29, 1.82) is 5.26 Å². The van der Waals surface area contributed by atoms with Gasteiger partial charge >= 0.3 is 38.7 Å². The molecule has 12 atom stereocenters. The van der Waals surface area contributed by atoms with E-state index in [4.69, 9.17) is 60.3 Å². The lowest BCUT2D eigenvalue weighted by Gasteiger charge is -2.38. The molecule has 3 aromatic heterocycles. The van der Waals surface area contributed by atoms with Crippen LogP contribution >= 0.6 is 15.6 Å². The van der Waals surface area contributed by atoms with Crippen molar-refractivity contribution in [2.45, 2.75) is 127 Å². The number of hydrogen-bond acceptors (Lipinski definition) is 23. The highest BCUT2D eigenvalue weighted by Gasteiger charge is 2.53. The van der Waals surface area contributed by atoms with E-state index in [0.29, 0.717) is 28.2 Å². The van der Waals surface area contributed by atoms with Crippen molar-refractivity contribution in [3.8, 4) is 17.6 Å². The number of nitrogens with zero attached hydrogens (tertiary/aromatic N) is 4. The summed E-state index contributed by atoms with van der Waals surface area (Å²) in [5.41, 5.74) is -3.41. The summed E-state index contributed by atoms with van der Waals surface area (Å²) in [6, 6.07) is 25.7. The number of nitriles is 1. The number of hydrogen-bond donors (Lipinski definition) is 3. The molecule has 3 aromatic carbocycles. The van der Waals surface area contributed by atoms with Gasteiger partial charge in [-0.1, -0.05) is 54.6 Å². The van der Waals surface area contributed by atoms with E-state index in [1.54, 1.807) is 38.5 Å². The lowest BCUT2D eigenvalue weighted by Crippen LogP contribution is -2.41. The van der Waals surface area contributed by atoms with Gasteiger partial charge in [0.25, 0.3) is 16.7 Å². The van der Waals surface area contributed by atoms with Crippen LogP contribution in [0.4, 0.5) is 0 Å². The molecule has 7 heterocycles. The number of phosphoric ester groups is 2. The van der Waals surface area contributed by atoms with Crippen LogP contribution in [0.15, 0.2) is 126 Å². The number of phosphoric acid groups is 2. The van der Waals surface area contributed by atoms with Crippen molar-refractivity contribution in [3.05, 3.63) is 193 Å². The lowest BCUT2D eigenvalue weighted by molar-refractivity contribution is -0.150. The van der Waals surface area contributed by atoms with Crippen molar-refractivity contribution in [1.82, 2.24) is 28.7 Å². The fourth-order valence-electron chi connectivity index (χ4n) is 11.0. The minimum absolute atomic E-state index is 0.0960. The molecule has 474 valence electrons. The number of H-pyrrole nitrogens is 3. The highest BCUT2D eigenvalue weighted by Crippen LogP contribution is 2.60. The van der Waals surface area contributed by atoms with Gasteiger partial charge < -0.3 is 33.2 Å². The fourth-order valence-corrected chi connectivity index (χ4v) is 14.0. The van der Waals surface area contributed by atoms with Gasteiger partial charge in [0.1, 0.15) is 78.5 Å². The smallest absolute Gasteiger partial charge is 0.475 e. The van der Waals surface area contributed by atoms with Crippen LogP contribution in [0.3, 0.4) is 0 Å². The minimum atomic E-state index is -4.96. The van der Waals surface area contributed by atoms with Gasteiger partial charge in [-0.2, -0.15) is 5.26 Å². The number of carbonyl (C=O) groups is 1. The van der Waals surface area contributed by atoms with Gasteiger partial charge in [-0.05, 0) is 61.7 Å². The lowest BCUT2D eigenvalue weighted by atomic mass is 9.80. The predicted molar refractivity (Wildman–Crippen MR) is 310 cm³/mol. The van der Waals surface area contributed by atoms with Gasteiger partial charge in [0.2, 0.25) is 0 Å². The topological polar surface area (TPSA) is 360 Å².